The maximum atomic E-state index is 12.2. The minimum atomic E-state index is -3.70. The quantitative estimate of drug-likeness (QED) is 0.593. The Balaban J connectivity index is 3.07. The molecule has 1 amide bonds. The Morgan fingerprint density at radius 3 is 2.14 bits per heavy atom. The second-order valence-electron chi connectivity index (χ2n) is 4.54. The summed E-state index contributed by atoms with van der Waals surface area (Å²) in [6.07, 6.45) is 1.20. The second kappa shape index (κ2) is 7.21. The Bertz CT molecular complexity index is 607. The molecule has 0 saturated heterocycles. The number of hydrogen-bond acceptors (Lipinski definition) is 5. The molecule has 1 aromatic carbocycles. The molecule has 0 spiro atoms. The molecule has 21 heavy (non-hydrogen) atoms. The predicted octanol–water partition coefficient (Wildman–Crippen LogP) is 2.09. The minimum Gasteiger partial charge on any atom is -0.427 e. The van der Waals surface area contributed by atoms with Gasteiger partial charge in [0, 0.05) is 13.8 Å². The summed E-state index contributed by atoms with van der Waals surface area (Å²) in [6, 6.07) is 5.76. The van der Waals surface area contributed by atoms with Gasteiger partial charge in [-0.3, -0.25) is 9.59 Å². The van der Waals surface area contributed by atoms with Gasteiger partial charge in [-0.1, -0.05) is 13.3 Å². The molecule has 0 atom stereocenters. The number of carbonyl (C=O) groups excluding carboxylic acids is 2. The van der Waals surface area contributed by atoms with Crippen molar-refractivity contribution in [2.45, 2.75) is 33.6 Å². The number of carbonyl (C=O) groups is 2. The first-order valence-electron chi connectivity index (χ1n) is 6.60. The molecule has 1 aromatic rings. The van der Waals surface area contributed by atoms with E-state index in [1.807, 2.05) is 6.92 Å². The molecule has 0 aliphatic heterocycles. The van der Waals surface area contributed by atoms with Crippen molar-refractivity contribution in [3.8, 4) is 5.75 Å². The van der Waals surface area contributed by atoms with Crippen LogP contribution in [0.5, 0.6) is 5.75 Å². The molecule has 0 bridgehead atoms. The zero-order chi connectivity index (χ0) is 16.0. The number of hydrogen-bond donors (Lipinski definition) is 0. The lowest BCUT2D eigenvalue weighted by molar-refractivity contribution is -0.131. The summed E-state index contributed by atoms with van der Waals surface area (Å²) >= 11 is 0. The van der Waals surface area contributed by atoms with E-state index in [0.29, 0.717) is 12.2 Å². The van der Waals surface area contributed by atoms with E-state index in [0.717, 1.165) is 10.7 Å². The van der Waals surface area contributed by atoms with E-state index in [-0.39, 0.29) is 11.4 Å². The van der Waals surface area contributed by atoms with Crippen LogP contribution in [0.25, 0.3) is 0 Å². The predicted molar refractivity (Wildman–Crippen MR) is 79.6 cm³/mol. The third-order valence-corrected chi connectivity index (χ3v) is 4.48. The highest BCUT2D eigenvalue weighted by Gasteiger charge is 2.25. The molecule has 1 rings (SSSR count). The van der Waals surface area contributed by atoms with Crippen LogP contribution >= 0.6 is 0 Å². The third-order valence-electron chi connectivity index (χ3n) is 2.65. The third kappa shape index (κ3) is 4.86. The number of amides is 1. The van der Waals surface area contributed by atoms with Gasteiger partial charge in [-0.15, -0.1) is 0 Å². The number of nitrogens with zero attached hydrogens (tertiary/aromatic N) is 1. The number of esters is 1. The van der Waals surface area contributed by atoms with Gasteiger partial charge >= 0.3 is 5.97 Å². The summed E-state index contributed by atoms with van der Waals surface area (Å²) in [5.41, 5.74) is 0.231. The van der Waals surface area contributed by atoms with Gasteiger partial charge in [0.2, 0.25) is 15.9 Å². The fraction of sp³-hybridized carbons (Fsp3) is 0.429. The molecule has 6 nitrogen and oxygen atoms in total. The fourth-order valence-electron chi connectivity index (χ4n) is 1.77. The van der Waals surface area contributed by atoms with Crippen LogP contribution in [0.3, 0.4) is 0 Å². The van der Waals surface area contributed by atoms with Crippen molar-refractivity contribution >= 4 is 27.6 Å². The molecule has 0 aromatic heterocycles. The summed E-state index contributed by atoms with van der Waals surface area (Å²) in [6.45, 7) is 4.34. The van der Waals surface area contributed by atoms with Gasteiger partial charge in [-0.25, -0.2) is 12.7 Å². The van der Waals surface area contributed by atoms with Crippen LogP contribution in [-0.2, 0) is 19.6 Å². The first-order chi connectivity index (χ1) is 9.77. The van der Waals surface area contributed by atoms with Crippen molar-refractivity contribution in [1.29, 1.82) is 0 Å². The average Bonchev–Trinajstić information content (AvgIpc) is 2.37. The molecule has 0 radical (unpaired) electrons. The van der Waals surface area contributed by atoms with E-state index in [4.69, 9.17) is 4.74 Å². The summed E-state index contributed by atoms with van der Waals surface area (Å²) in [5, 5.41) is 0. The highest BCUT2D eigenvalue weighted by atomic mass is 32.2. The van der Waals surface area contributed by atoms with Crippen LogP contribution in [0, 0.1) is 0 Å². The zero-order valence-electron chi connectivity index (χ0n) is 12.3. The van der Waals surface area contributed by atoms with Crippen LogP contribution in [0.15, 0.2) is 24.3 Å². The molecule has 116 valence electrons. The van der Waals surface area contributed by atoms with E-state index in [2.05, 4.69) is 0 Å². The van der Waals surface area contributed by atoms with Crippen LogP contribution in [0.4, 0.5) is 5.69 Å². The topological polar surface area (TPSA) is 80.8 Å². The Kier molecular flexibility index (Phi) is 5.90. The summed E-state index contributed by atoms with van der Waals surface area (Å²) < 4.78 is 30.1. The first kappa shape index (κ1) is 17.2. The highest BCUT2D eigenvalue weighted by molar-refractivity contribution is 7.93. The normalized spacial score (nSPS) is 11.0. The van der Waals surface area contributed by atoms with Gasteiger partial charge in [0.25, 0.3) is 0 Å². The van der Waals surface area contributed by atoms with Gasteiger partial charge in [-0.05, 0) is 30.7 Å². The van der Waals surface area contributed by atoms with Gasteiger partial charge in [0.15, 0.2) is 0 Å². The van der Waals surface area contributed by atoms with E-state index in [1.54, 1.807) is 0 Å². The second-order valence-corrected chi connectivity index (χ2v) is 6.48. The maximum Gasteiger partial charge on any atom is 0.308 e. The molecule has 0 unspecified atom stereocenters. The van der Waals surface area contributed by atoms with Crippen molar-refractivity contribution in [3.05, 3.63) is 24.3 Å². The molecule has 0 aliphatic rings. The molecule has 0 aliphatic carbocycles. The number of unbranched alkanes of at least 4 members (excludes halogenated alkanes) is 1. The molecule has 0 heterocycles. The van der Waals surface area contributed by atoms with Crippen LogP contribution in [0.1, 0.15) is 33.6 Å². The Morgan fingerprint density at radius 2 is 1.71 bits per heavy atom. The lowest BCUT2D eigenvalue weighted by Gasteiger charge is -2.21. The van der Waals surface area contributed by atoms with E-state index in [1.165, 1.54) is 38.1 Å². The molecule has 0 N–H and O–H groups in total. The summed E-state index contributed by atoms with van der Waals surface area (Å²) in [4.78, 5) is 22.5. The van der Waals surface area contributed by atoms with Crippen molar-refractivity contribution in [3.63, 3.8) is 0 Å². The smallest absolute Gasteiger partial charge is 0.308 e. The number of benzene rings is 1. The summed E-state index contributed by atoms with van der Waals surface area (Å²) in [7, 11) is -3.70. The van der Waals surface area contributed by atoms with Gasteiger partial charge in [-0.2, -0.15) is 0 Å². The van der Waals surface area contributed by atoms with E-state index < -0.39 is 21.9 Å². The van der Waals surface area contributed by atoms with Gasteiger partial charge in [0.1, 0.15) is 5.75 Å². The first-order valence-corrected chi connectivity index (χ1v) is 8.21. The summed E-state index contributed by atoms with van der Waals surface area (Å²) in [5.74, 6) is -0.844. The van der Waals surface area contributed by atoms with Crippen LogP contribution in [0.2, 0.25) is 0 Å². The number of ether oxygens (including phenoxy) is 1. The lowest BCUT2D eigenvalue weighted by atomic mass is 10.3. The molecular weight excluding hydrogens is 294 g/mol. The minimum absolute atomic E-state index is 0.0885. The van der Waals surface area contributed by atoms with Crippen molar-refractivity contribution in [2.75, 3.05) is 10.1 Å². The van der Waals surface area contributed by atoms with E-state index in [9.17, 15) is 18.0 Å². The maximum absolute atomic E-state index is 12.2. The van der Waals surface area contributed by atoms with Crippen LogP contribution in [-0.4, -0.2) is 26.0 Å². The van der Waals surface area contributed by atoms with Gasteiger partial charge in [0.05, 0.1) is 11.4 Å². The average molecular weight is 313 g/mol. The van der Waals surface area contributed by atoms with E-state index >= 15 is 0 Å². The standard InChI is InChI=1S/C14H19NO5S/c1-4-5-10-21(18,19)15(11(2)16)13-6-8-14(9-7-13)20-12(3)17/h6-9H,4-5,10H2,1-3H3. The number of rotatable bonds is 6. The zero-order valence-corrected chi connectivity index (χ0v) is 13.1. The van der Waals surface area contributed by atoms with Gasteiger partial charge < -0.3 is 4.74 Å². The molecular formula is C14H19NO5S. The lowest BCUT2D eigenvalue weighted by Crippen LogP contribution is -2.36. The largest absolute Gasteiger partial charge is 0.427 e. The Morgan fingerprint density at radius 1 is 1.14 bits per heavy atom. The van der Waals surface area contributed by atoms with Crippen molar-refractivity contribution in [2.24, 2.45) is 0 Å². The monoisotopic (exact) mass is 313 g/mol. The molecule has 0 fully saturated rings. The van der Waals surface area contributed by atoms with Crippen molar-refractivity contribution < 1.29 is 22.7 Å². The number of anilines is 1. The fourth-order valence-corrected chi connectivity index (χ4v) is 3.44. The molecule has 0 saturated carbocycles. The molecule has 7 heteroatoms. The Labute approximate surface area is 124 Å². The SMILES string of the molecule is CCCCS(=O)(=O)N(C(C)=O)c1ccc(OC(C)=O)cc1. The van der Waals surface area contributed by atoms with Crippen LogP contribution < -0.4 is 9.04 Å². The Hall–Kier alpha value is -1.89. The number of sulfonamides is 1. The van der Waals surface area contributed by atoms with Crippen molar-refractivity contribution in [1.82, 2.24) is 0 Å². The highest BCUT2D eigenvalue weighted by Crippen LogP contribution is 2.23.